The molecule has 0 amide bonds. The topological polar surface area (TPSA) is 102 Å². The van der Waals surface area contributed by atoms with Gasteiger partial charge in [-0.2, -0.15) is 0 Å². The monoisotopic (exact) mass is 892 g/mol. The van der Waals surface area contributed by atoms with Gasteiger partial charge in [0.05, 0.1) is 40.3 Å². The number of carbonyl (C=O) groups excluding carboxylic acids is 3. The van der Waals surface area contributed by atoms with Crippen LogP contribution in [0.4, 0.5) is 0 Å². The summed E-state index contributed by atoms with van der Waals surface area (Å²) in [5.74, 6) is -1.79. The molecule has 0 bridgehead atoms. The summed E-state index contributed by atoms with van der Waals surface area (Å²) in [5.41, 5.74) is 0. The lowest BCUT2D eigenvalue weighted by Crippen LogP contribution is -2.55. The van der Waals surface area contributed by atoms with Crippen LogP contribution in [0.3, 0.4) is 0 Å². The maximum atomic E-state index is 12.8. The van der Waals surface area contributed by atoms with E-state index >= 15 is 0 Å². The van der Waals surface area contributed by atoms with Gasteiger partial charge in [0.1, 0.15) is 12.6 Å². The molecule has 0 saturated heterocycles. The van der Waals surface area contributed by atoms with Crippen molar-refractivity contribution < 1.29 is 38.2 Å². The van der Waals surface area contributed by atoms with E-state index in [4.69, 9.17) is 14.2 Å². The third-order valence-corrected chi connectivity index (χ3v) is 10.8. The summed E-state index contributed by atoms with van der Waals surface area (Å²) in [4.78, 5) is 37.0. The molecule has 0 aliphatic carbocycles. The van der Waals surface area contributed by atoms with Crippen molar-refractivity contribution in [2.45, 2.75) is 199 Å². The average Bonchev–Trinajstić information content (AvgIpc) is 3.26. The summed E-state index contributed by atoms with van der Waals surface area (Å²) in [5, 5.41) is 11.7. The number of hydrogen-bond donors (Lipinski definition) is 0. The highest BCUT2D eigenvalue weighted by Gasteiger charge is 2.25. The van der Waals surface area contributed by atoms with Gasteiger partial charge in [-0.3, -0.25) is 9.59 Å². The molecule has 0 spiro atoms. The lowest BCUT2D eigenvalue weighted by molar-refractivity contribution is -0.889. The Balaban J connectivity index is 4.35. The van der Waals surface area contributed by atoms with Crippen molar-refractivity contribution in [1.82, 2.24) is 0 Å². The van der Waals surface area contributed by atoms with Crippen LogP contribution in [-0.4, -0.2) is 75.5 Å². The maximum Gasteiger partial charge on any atom is 0.306 e. The SMILES string of the molecule is CC/C=C/C/C=C/C/C=C/C/C=C/C/C=C/CCCCCCCCC(=O)OCC(COCCC(C(=O)[O-])[N+](C)(C)C)OC(=O)CCCCCCC/C=C/C=C/C=C/CCCCCCC. The number of hydrogen-bond acceptors (Lipinski definition) is 7. The van der Waals surface area contributed by atoms with Crippen LogP contribution >= 0.6 is 0 Å². The number of esters is 2. The summed E-state index contributed by atoms with van der Waals surface area (Å²) in [6.45, 7) is 4.49. The normalized spacial score (nSPS) is 13.7. The Morgan fingerprint density at radius 2 is 0.938 bits per heavy atom. The lowest BCUT2D eigenvalue weighted by Gasteiger charge is -2.34. The van der Waals surface area contributed by atoms with Gasteiger partial charge in [-0.25, -0.2) is 0 Å². The van der Waals surface area contributed by atoms with Crippen LogP contribution in [0.2, 0.25) is 0 Å². The number of allylic oxidation sites excluding steroid dienone is 16. The third-order valence-electron chi connectivity index (χ3n) is 10.8. The maximum absolute atomic E-state index is 12.8. The van der Waals surface area contributed by atoms with Gasteiger partial charge in [-0.1, -0.05) is 182 Å². The van der Waals surface area contributed by atoms with Crippen LogP contribution in [0.5, 0.6) is 0 Å². The summed E-state index contributed by atoms with van der Waals surface area (Å²) >= 11 is 0. The molecule has 0 fully saturated rings. The van der Waals surface area contributed by atoms with Gasteiger partial charge in [0.25, 0.3) is 0 Å². The van der Waals surface area contributed by atoms with Crippen LogP contribution in [0, 0.1) is 0 Å². The summed E-state index contributed by atoms with van der Waals surface area (Å²) in [6.07, 6.45) is 61.4. The predicted molar refractivity (Wildman–Crippen MR) is 268 cm³/mol. The Morgan fingerprint density at radius 1 is 0.500 bits per heavy atom. The minimum Gasteiger partial charge on any atom is -0.544 e. The van der Waals surface area contributed by atoms with Gasteiger partial charge in [-0.05, 0) is 83.5 Å². The number of quaternary nitrogens is 1. The van der Waals surface area contributed by atoms with Crippen LogP contribution in [0.25, 0.3) is 0 Å². The molecule has 0 aromatic carbocycles. The molecule has 2 atom stereocenters. The fraction of sp³-hybridized carbons (Fsp3) is 0.661. The second-order valence-electron chi connectivity index (χ2n) is 17.7. The number of nitrogens with zero attached hydrogens (tertiary/aromatic N) is 1. The number of unbranched alkanes of at least 4 members (excludes halogenated alkanes) is 16. The molecule has 0 aromatic heterocycles. The zero-order chi connectivity index (χ0) is 47.0. The molecule has 2 unspecified atom stereocenters. The first-order valence-corrected chi connectivity index (χ1v) is 25.3. The number of likely N-dealkylation sites (N-methyl/N-ethyl adjacent to an activating group) is 1. The second kappa shape index (κ2) is 45.8. The quantitative estimate of drug-likeness (QED) is 0.0197. The van der Waals surface area contributed by atoms with Crippen molar-refractivity contribution in [3.05, 3.63) is 97.2 Å². The van der Waals surface area contributed by atoms with Gasteiger partial charge < -0.3 is 28.6 Å². The molecule has 8 nitrogen and oxygen atoms in total. The number of carbonyl (C=O) groups is 3. The minimum absolute atomic E-state index is 0.0215. The fourth-order valence-corrected chi connectivity index (χ4v) is 6.86. The van der Waals surface area contributed by atoms with E-state index in [0.717, 1.165) is 109 Å². The van der Waals surface area contributed by atoms with Crippen molar-refractivity contribution in [2.75, 3.05) is 41.0 Å². The zero-order valence-corrected chi connectivity index (χ0v) is 41.4. The lowest BCUT2D eigenvalue weighted by atomic mass is 10.1. The Hall–Kier alpha value is -3.75. The molecule has 64 heavy (non-hydrogen) atoms. The first-order chi connectivity index (χ1) is 31.1. The molecule has 0 rings (SSSR count). The van der Waals surface area contributed by atoms with Crippen molar-refractivity contribution in [3.8, 4) is 0 Å². The molecule has 0 aliphatic rings. The Bertz CT molecular complexity index is 1360. The summed E-state index contributed by atoms with van der Waals surface area (Å²) < 4.78 is 17.2. The van der Waals surface area contributed by atoms with Crippen molar-refractivity contribution in [2.24, 2.45) is 0 Å². The van der Waals surface area contributed by atoms with Crippen molar-refractivity contribution in [3.63, 3.8) is 0 Å². The highest BCUT2D eigenvalue weighted by atomic mass is 16.6. The molecule has 0 radical (unpaired) electrons. The highest BCUT2D eigenvalue weighted by Crippen LogP contribution is 2.13. The Labute approximate surface area is 392 Å². The molecule has 0 aromatic rings. The molecule has 0 N–H and O–H groups in total. The van der Waals surface area contributed by atoms with E-state index in [1.54, 1.807) is 21.1 Å². The summed E-state index contributed by atoms with van der Waals surface area (Å²) in [6, 6.07) is -0.738. The second-order valence-corrected chi connectivity index (χ2v) is 17.7. The van der Waals surface area contributed by atoms with Gasteiger partial charge in [-0.15, -0.1) is 0 Å². The van der Waals surface area contributed by atoms with Crippen LogP contribution in [-0.2, 0) is 28.6 Å². The van der Waals surface area contributed by atoms with Crippen LogP contribution < -0.4 is 5.11 Å². The molecule has 8 heteroatoms. The van der Waals surface area contributed by atoms with Gasteiger partial charge in [0.2, 0.25) is 0 Å². The smallest absolute Gasteiger partial charge is 0.306 e. The van der Waals surface area contributed by atoms with E-state index in [9.17, 15) is 19.5 Å². The van der Waals surface area contributed by atoms with Crippen LogP contribution in [0.1, 0.15) is 187 Å². The van der Waals surface area contributed by atoms with Gasteiger partial charge >= 0.3 is 11.9 Å². The Kier molecular flexibility index (Phi) is 43.1. The van der Waals surface area contributed by atoms with E-state index < -0.39 is 18.1 Å². The van der Waals surface area contributed by atoms with Crippen molar-refractivity contribution in [1.29, 1.82) is 0 Å². The number of aliphatic carboxylic acids is 1. The van der Waals surface area contributed by atoms with E-state index in [2.05, 4.69) is 111 Å². The van der Waals surface area contributed by atoms with E-state index in [1.165, 1.54) is 44.9 Å². The van der Waals surface area contributed by atoms with Crippen LogP contribution in [0.15, 0.2) is 97.2 Å². The standard InChI is InChI=1S/C56H93NO7/c1-6-8-10-12-14-16-18-20-22-24-26-27-28-29-31-32-34-36-38-40-42-44-46-54(58)63-51-52(50-62-49-48-53(56(60)61)57(3,4)5)64-55(59)47-45-43-41-39-37-35-33-30-25-23-21-19-17-15-13-11-9-7-2/h8,10,14,16,19-23,25-27,29-31,33,52-53H,6-7,9,11-13,15,17-18,24,28,32,34-51H2,1-5H3/b10-8+,16-14+,21-19+,22-20+,25-23+,27-26+,31-29+,33-30+. The van der Waals surface area contributed by atoms with Crippen molar-refractivity contribution >= 4 is 17.9 Å². The van der Waals surface area contributed by atoms with Gasteiger partial charge in [0, 0.05) is 19.3 Å². The number of carboxylic acid groups (broad SMARTS) is 1. The minimum atomic E-state index is -1.13. The first kappa shape index (κ1) is 60.2. The zero-order valence-electron chi connectivity index (χ0n) is 41.4. The molecule has 0 heterocycles. The molecular weight excluding hydrogens is 799 g/mol. The Morgan fingerprint density at radius 3 is 1.42 bits per heavy atom. The van der Waals surface area contributed by atoms with E-state index in [-0.39, 0.29) is 49.1 Å². The van der Waals surface area contributed by atoms with E-state index in [0.29, 0.717) is 6.42 Å². The number of rotatable bonds is 44. The average molecular weight is 892 g/mol. The third kappa shape index (κ3) is 43.5. The highest BCUT2D eigenvalue weighted by molar-refractivity contribution is 5.70. The van der Waals surface area contributed by atoms with Gasteiger partial charge in [0.15, 0.2) is 6.10 Å². The number of carboxylic acids is 1. The largest absolute Gasteiger partial charge is 0.544 e. The fourth-order valence-electron chi connectivity index (χ4n) is 6.86. The first-order valence-electron chi connectivity index (χ1n) is 25.3. The molecule has 0 aliphatic heterocycles. The molecule has 0 saturated carbocycles. The predicted octanol–water partition coefficient (Wildman–Crippen LogP) is 13.3. The molecule has 364 valence electrons. The van der Waals surface area contributed by atoms with E-state index in [1.807, 2.05) is 0 Å². The number of ether oxygens (including phenoxy) is 3. The molecular formula is C56H93NO7. The summed E-state index contributed by atoms with van der Waals surface area (Å²) in [7, 11) is 5.39.